The van der Waals surface area contributed by atoms with Gasteiger partial charge < -0.3 is 14.2 Å². The van der Waals surface area contributed by atoms with Gasteiger partial charge in [0, 0.05) is 17.4 Å². The topological polar surface area (TPSA) is 40.6 Å². The Balaban J connectivity index is 1.30. The molecule has 3 aromatic carbocycles. The number of para-hydroxylation sites is 2. The maximum Gasteiger partial charge on any atom is 0.200 e. The first-order valence-electron chi connectivity index (χ1n) is 10.9. The number of hydrogen-bond acceptors (Lipinski definition) is 4. The van der Waals surface area contributed by atoms with Crippen LogP contribution in [0.25, 0.3) is 22.0 Å². The summed E-state index contributed by atoms with van der Waals surface area (Å²) in [5.41, 5.74) is 3.36. The Kier molecular flexibility index (Phi) is 5.99. The van der Waals surface area contributed by atoms with E-state index in [2.05, 4.69) is 4.98 Å². The standard InChI is InChI=1S/C27H24FNO3/c28-24-8-5-7-23(27(24)32-26-10-3-4-17-30-26)19-12-15-22(16-13-19)31-18-21-14-11-20-6-1-2-9-25(20)29-21/h1-2,5-9,11-16,26H,3-4,10,17-18H2. The summed E-state index contributed by atoms with van der Waals surface area (Å²) in [6.45, 7) is 1.02. The van der Waals surface area contributed by atoms with E-state index in [1.807, 2.05) is 66.7 Å². The van der Waals surface area contributed by atoms with Gasteiger partial charge in [-0.3, -0.25) is 0 Å². The van der Waals surface area contributed by atoms with E-state index < -0.39 is 6.29 Å². The van der Waals surface area contributed by atoms with E-state index >= 15 is 0 Å². The Hall–Kier alpha value is -3.44. The van der Waals surface area contributed by atoms with Gasteiger partial charge in [-0.05, 0) is 48.7 Å². The van der Waals surface area contributed by atoms with Gasteiger partial charge in [-0.15, -0.1) is 0 Å². The van der Waals surface area contributed by atoms with Crippen molar-refractivity contribution in [3.8, 4) is 22.6 Å². The largest absolute Gasteiger partial charge is 0.487 e. The third-order valence-electron chi connectivity index (χ3n) is 5.56. The number of ether oxygens (including phenoxy) is 3. The lowest BCUT2D eigenvalue weighted by Crippen LogP contribution is -2.25. The zero-order valence-corrected chi connectivity index (χ0v) is 17.7. The van der Waals surface area contributed by atoms with E-state index in [0.717, 1.165) is 47.2 Å². The van der Waals surface area contributed by atoms with E-state index in [1.165, 1.54) is 6.07 Å². The zero-order valence-electron chi connectivity index (χ0n) is 17.7. The molecule has 5 heteroatoms. The van der Waals surface area contributed by atoms with Crippen molar-refractivity contribution < 1.29 is 18.6 Å². The Morgan fingerprint density at radius 2 is 1.78 bits per heavy atom. The number of rotatable bonds is 6. The Labute approximate surface area is 186 Å². The lowest BCUT2D eigenvalue weighted by molar-refractivity contribution is -0.107. The second kappa shape index (κ2) is 9.37. The van der Waals surface area contributed by atoms with Gasteiger partial charge in [0.2, 0.25) is 0 Å². The highest BCUT2D eigenvalue weighted by Gasteiger charge is 2.20. The first kappa shape index (κ1) is 20.5. The van der Waals surface area contributed by atoms with Crippen molar-refractivity contribution >= 4 is 10.9 Å². The molecule has 0 N–H and O–H groups in total. The fraction of sp³-hybridized carbons (Fsp3) is 0.222. The Morgan fingerprint density at radius 1 is 0.906 bits per heavy atom. The van der Waals surface area contributed by atoms with Crippen molar-refractivity contribution in [2.24, 2.45) is 0 Å². The van der Waals surface area contributed by atoms with Crippen molar-refractivity contribution in [2.75, 3.05) is 6.61 Å². The summed E-state index contributed by atoms with van der Waals surface area (Å²) < 4.78 is 32.0. The molecule has 1 fully saturated rings. The molecule has 0 aliphatic carbocycles. The van der Waals surface area contributed by atoms with Gasteiger partial charge in [-0.1, -0.05) is 48.5 Å². The predicted octanol–water partition coefficient (Wildman–Crippen LogP) is 6.53. The minimum atomic E-state index is -0.406. The van der Waals surface area contributed by atoms with Crippen LogP contribution in [0.1, 0.15) is 25.0 Å². The molecule has 1 aliphatic heterocycles. The van der Waals surface area contributed by atoms with Crippen molar-refractivity contribution in [1.29, 1.82) is 0 Å². The van der Waals surface area contributed by atoms with Gasteiger partial charge in [-0.2, -0.15) is 0 Å². The summed E-state index contributed by atoms with van der Waals surface area (Å²) in [6, 6.07) is 24.6. The normalized spacial score (nSPS) is 16.1. The third kappa shape index (κ3) is 4.58. The molecule has 1 atom stereocenters. The maximum absolute atomic E-state index is 14.6. The highest BCUT2D eigenvalue weighted by atomic mass is 19.1. The minimum Gasteiger partial charge on any atom is -0.487 e. The Bertz CT molecular complexity index is 1200. The van der Waals surface area contributed by atoms with Crippen molar-refractivity contribution in [3.05, 3.63) is 90.4 Å². The number of hydrogen-bond donors (Lipinski definition) is 0. The van der Waals surface area contributed by atoms with E-state index in [0.29, 0.717) is 18.8 Å². The van der Waals surface area contributed by atoms with Crippen LogP contribution in [0.15, 0.2) is 78.9 Å². The first-order chi connectivity index (χ1) is 15.8. The van der Waals surface area contributed by atoms with Crippen LogP contribution in [0.5, 0.6) is 11.5 Å². The van der Waals surface area contributed by atoms with Crippen LogP contribution < -0.4 is 9.47 Å². The molecule has 4 nitrogen and oxygen atoms in total. The smallest absolute Gasteiger partial charge is 0.200 e. The number of nitrogens with zero attached hydrogens (tertiary/aromatic N) is 1. The first-order valence-corrected chi connectivity index (χ1v) is 10.9. The van der Waals surface area contributed by atoms with Gasteiger partial charge in [0.1, 0.15) is 12.4 Å². The second-order valence-corrected chi connectivity index (χ2v) is 7.84. The highest BCUT2D eigenvalue weighted by molar-refractivity contribution is 5.78. The molecule has 0 spiro atoms. The molecular formula is C27H24FNO3. The Morgan fingerprint density at radius 3 is 2.62 bits per heavy atom. The summed E-state index contributed by atoms with van der Waals surface area (Å²) in [5, 5.41) is 1.10. The third-order valence-corrected chi connectivity index (χ3v) is 5.56. The lowest BCUT2D eigenvalue weighted by Gasteiger charge is -2.25. The number of aromatic nitrogens is 1. The average molecular weight is 429 g/mol. The molecule has 0 saturated carbocycles. The molecule has 5 rings (SSSR count). The molecule has 32 heavy (non-hydrogen) atoms. The van der Waals surface area contributed by atoms with E-state index in [-0.39, 0.29) is 11.6 Å². The molecular weight excluding hydrogens is 405 g/mol. The molecule has 1 unspecified atom stereocenters. The van der Waals surface area contributed by atoms with Gasteiger partial charge >= 0.3 is 0 Å². The summed E-state index contributed by atoms with van der Waals surface area (Å²) in [7, 11) is 0. The summed E-state index contributed by atoms with van der Waals surface area (Å²) in [4.78, 5) is 4.64. The molecule has 162 valence electrons. The van der Waals surface area contributed by atoms with Crippen molar-refractivity contribution in [3.63, 3.8) is 0 Å². The van der Waals surface area contributed by atoms with Crippen LogP contribution in [0.4, 0.5) is 4.39 Å². The molecule has 1 saturated heterocycles. The van der Waals surface area contributed by atoms with Crippen LogP contribution in [-0.4, -0.2) is 17.9 Å². The minimum absolute atomic E-state index is 0.230. The number of pyridine rings is 1. The van der Waals surface area contributed by atoms with E-state index in [9.17, 15) is 4.39 Å². The molecule has 4 aromatic rings. The lowest BCUT2D eigenvalue weighted by atomic mass is 10.0. The SMILES string of the molecule is Fc1cccc(-c2ccc(OCc3ccc4ccccc4n3)cc2)c1OC1CCCCO1. The molecule has 0 bridgehead atoms. The van der Waals surface area contributed by atoms with Crippen molar-refractivity contribution in [2.45, 2.75) is 32.2 Å². The summed E-state index contributed by atoms with van der Waals surface area (Å²) in [5.74, 6) is 0.561. The van der Waals surface area contributed by atoms with Gasteiger partial charge in [0.15, 0.2) is 17.9 Å². The molecule has 0 amide bonds. The fourth-order valence-electron chi connectivity index (χ4n) is 3.87. The van der Waals surface area contributed by atoms with Crippen LogP contribution >= 0.6 is 0 Å². The number of halogens is 1. The quantitative estimate of drug-likeness (QED) is 0.350. The molecule has 2 heterocycles. The molecule has 1 aliphatic rings. The number of fused-ring (bicyclic) bond motifs is 1. The summed E-state index contributed by atoms with van der Waals surface area (Å²) in [6.07, 6.45) is 2.40. The van der Waals surface area contributed by atoms with Crippen LogP contribution in [0.2, 0.25) is 0 Å². The number of benzene rings is 3. The fourth-order valence-corrected chi connectivity index (χ4v) is 3.87. The summed E-state index contributed by atoms with van der Waals surface area (Å²) >= 11 is 0. The van der Waals surface area contributed by atoms with Crippen LogP contribution in [0, 0.1) is 5.82 Å². The van der Waals surface area contributed by atoms with E-state index in [4.69, 9.17) is 14.2 Å². The molecule has 1 aromatic heterocycles. The van der Waals surface area contributed by atoms with E-state index in [1.54, 1.807) is 6.07 Å². The van der Waals surface area contributed by atoms with Gasteiger partial charge in [-0.25, -0.2) is 9.37 Å². The average Bonchev–Trinajstić information content (AvgIpc) is 2.85. The second-order valence-electron chi connectivity index (χ2n) is 7.84. The van der Waals surface area contributed by atoms with Crippen molar-refractivity contribution in [1.82, 2.24) is 4.98 Å². The zero-order chi connectivity index (χ0) is 21.8. The van der Waals surface area contributed by atoms with Gasteiger partial charge in [0.25, 0.3) is 0 Å². The molecule has 0 radical (unpaired) electrons. The van der Waals surface area contributed by atoms with Crippen LogP contribution in [-0.2, 0) is 11.3 Å². The van der Waals surface area contributed by atoms with Crippen LogP contribution in [0.3, 0.4) is 0 Å². The maximum atomic E-state index is 14.6. The monoisotopic (exact) mass is 429 g/mol. The predicted molar refractivity (Wildman–Crippen MR) is 122 cm³/mol. The highest BCUT2D eigenvalue weighted by Crippen LogP contribution is 2.35. The van der Waals surface area contributed by atoms with Gasteiger partial charge in [0.05, 0.1) is 17.8 Å².